The van der Waals surface area contributed by atoms with E-state index in [0.717, 1.165) is 24.6 Å². The fraction of sp³-hybridized carbons (Fsp3) is 0.250. The van der Waals surface area contributed by atoms with Crippen molar-refractivity contribution in [1.29, 1.82) is 0 Å². The predicted octanol–water partition coefficient (Wildman–Crippen LogP) is 3.79. The Morgan fingerprint density at radius 1 is 0.800 bits per heavy atom. The molecule has 0 aliphatic carbocycles. The molecule has 3 aromatic rings. The van der Waals surface area contributed by atoms with E-state index >= 15 is 0 Å². The summed E-state index contributed by atoms with van der Waals surface area (Å²) in [7, 11) is 0. The molecule has 0 amide bonds. The molecule has 0 spiro atoms. The minimum atomic E-state index is 0.748. The highest BCUT2D eigenvalue weighted by Crippen LogP contribution is 2.21. The van der Waals surface area contributed by atoms with Gasteiger partial charge in [0.1, 0.15) is 0 Å². The van der Waals surface area contributed by atoms with E-state index in [-0.39, 0.29) is 0 Å². The van der Waals surface area contributed by atoms with Crippen LogP contribution in [0.25, 0.3) is 22.9 Å². The molecule has 5 nitrogen and oxygen atoms in total. The third-order valence-electron chi connectivity index (χ3n) is 4.54. The lowest BCUT2D eigenvalue weighted by Crippen LogP contribution is -2.24. The van der Waals surface area contributed by atoms with Crippen molar-refractivity contribution in [2.75, 3.05) is 13.1 Å². The van der Waals surface area contributed by atoms with E-state index in [0.29, 0.717) is 0 Å². The van der Waals surface area contributed by atoms with Crippen LogP contribution in [0.4, 0.5) is 0 Å². The zero-order valence-electron chi connectivity index (χ0n) is 14.1. The largest absolute Gasteiger partial charge is 0.377 e. The van der Waals surface area contributed by atoms with Crippen LogP contribution in [0.15, 0.2) is 60.8 Å². The van der Waals surface area contributed by atoms with Crippen LogP contribution in [0.3, 0.4) is 0 Å². The standard InChI is InChI=1S/C20H21N5/c1-3-7-17(8-4-1)18-9-11-19(12-10-18)25-20(21-22-23-25)13-16-24-14-5-2-6-15-24/h1,3-4,7-13,16H,2,5-6,14-15H2/b16-13-. The second kappa shape index (κ2) is 7.30. The SMILES string of the molecule is C(=C/N1CCCCC1)/c1nnnn1-c1ccc(-c2ccccc2)cc1. The molecule has 2 aromatic carbocycles. The first kappa shape index (κ1) is 15.6. The van der Waals surface area contributed by atoms with Crippen LogP contribution in [0, 0.1) is 0 Å². The summed E-state index contributed by atoms with van der Waals surface area (Å²) in [6.07, 6.45) is 7.96. The maximum Gasteiger partial charge on any atom is 0.181 e. The van der Waals surface area contributed by atoms with Gasteiger partial charge < -0.3 is 4.90 Å². The van der Waals surface area contributed by atoms with Crippen LogP contribution in [0.1, 0.15) is 25.1 Å². The summed E-state index contributed by atoms with van der Waals surface area (Å²) in [5.41, 5.74) is 3.35. The van der Waals surface area contributed by atoms with E-state index in [1.54, 1.807) is 4.68 Å². The lowest BCUT2D eigenvalue weighted by atomic mass is 10.1. The lowest BCUT2D eigenvalue weighted by Gasteiger charge is -2.24. The van der Waals surface area contributed by atoms with Gasteiger partial charge in [-0.3, -0.25) is 0 Å². The summed E-state index contributed by atoms with van der Waals surface area (Å²) in [6, 6.07) is 18.7. The molecule has 5 heteroatoms. The Kier molecular flexibility index (Phi) is 4.55. The fourth-order valence-corrected chi connectivity index (χ4v) is 3.15. The summed E-state index contributed by atoms with van der Waals surface area (Å²) in [6.45, 7) is 2.23. The minimum Gasteiger partial charge on any atom is -0.377 e. The molecule has 1 saturated heterocycles. The third-order valence-corrected chi connectivity index (χ3v) is 4.54. The maximum atomic E-state index is 4.15. The van der Waals surface area contributed by atoms with Crippen LogP contribution < -0.4 is 0 Å². The van der Waals surface area contributed by atoms with Gasteiger partial charge >= 0.3 is 0 Å². The lowest BCUT2D eigenvalue weighted by molar-refractivity contribution is 0.311. The predicted molar refractivity (Wildman–Crippen MR) is 99.0 cm³/mol. The van der Waals surface area contributed by atoms with Crippen LogP contribution >= 0.6 is 0 Å². The second-order valence-corrected chi connectivity index (χ2v) is 6.27. The molecule has 25 heavy (non-hydrogen) atoms. The first-order valence-corrected chi connectivity index (χ1v) is 8.77. The van der Waals surface area contributed by atoms with Crippen molar-refractivity contribution in [2.45, 2.75) is 19.3 Å². The number of hydrogen-bond acceptors (Lipinski definition) is 4. The monoisotopic (exact) mass is 331 g/mol. The van der Waals surface area contributed by atoms with E-state index in [2.05, 4.69) is 63.0 Å². The number of piperidine rings is 1. The molecule has 0 atom stereocenters. The van der Waals surface area contributed by atoms with Gasteiger partial charge in [-0.05, 0) is 52.9 Å². The zero-order chi connectivity index (χ0) is 16.9. The summed E-state index contributed by atoms with van der Waals surface area (Å²) in [5.74, 6) is 0.748. The highest BCUT2D eigenvalue weighted by molar-refractivity contribution is 5.64. The fourth-order valence-electron chi connectivity index (χ4n) is 3.15. The molecular weight excluding hydrogens is 310 g/mol. The summed E-state index contributed by atoms with van der Waals surface area (Å²) in [5, 5.41) is 12.1. The molecule has 0 radical (unpaired) electrons. The number of likely N-dealkylation sites (tertiary alicyclic amines) is 1. The number of hydrogen-bond donors (Lipinski definition) is 0. The van der Waals surface area contributed by atoms with E-state index < -0.39 is 0 Å². The van der Waals surface area contributed by atoms with Gasteiger partial charge in [0.25, 0.3) is 0 Å². The summed E-state index contributed by atoms with van der Waals surface area (Å²) < 4.78 is 1.77. The molecule has 1 aliphatic rings. The van der Waals surface area contributed by atoms with Crippen molar-refractivity contribution < 1.29 is 0 Å². The summed E-state index contributed by atoms with van der Waals surface area (Å²) >= 11 is 0. The molecule has 2 heterocycles. The van der Waals surface area contributed by atoms with Gasteiger partial charge in [-0.15, -0.1) is 5.10 Å². The number of benzene rings is 2. The van der Waals surface area contributed by atoms with E-state index in [1.807, 2.05) is 24.3 Å². The van der Waals surface area contributed by atoms with Crippen molar-refractivity contribution >= 4 is 6.08 Å². The molecule has 1 fully saturated rings. The number of tetrazole rings is 1. The first-order chi connectivity index (χ1) is 12.4. The van der Waals surface area contributed by atoms with Gasteiger partial charge in [-0.2, -0.15) is 4.68 Å². The Balaban J connectivity index is 1.54. The van der Waals surface area contributed by atoms with Gasteiger partial charge in [0, 0.05) is 25.4 Å². The Morgan fingerprint density at radius 3 is 2.28 bits per heavy atom. The van der Waals surface area contributed by atoms with Crippen LogP contribution in [0.2, 0.25) is 0 Å². The smallest absolute Gasteiger partial charge is 0.181 e. The Morgan fingerprint density at radius 2 is 1.52 bits per heavy atom. The highest BCUT2D eigenvalue weighted by atomic mass is 15.5. The van der Waals surface area contributed by atoms with Gasteiger partial charge in [0.2, 0.25) is 0 Å². The minimum absolute atomic E-state index is 0.748. The van der Waals surface area contributed by atoms with Crippen molar-refractivity contribution in [1.82, 2.24) is 25.1 Å². The number of rotatable bonds is 4. The summed E-state index contributed by atoms with van der Waals surface area (Å²) in [4.78, 5) is 2.33. The van der Waals surface area contributed by atoms with E-state index in [4.69, 9.17) is 0 Å². The molecular formula is C20H21N5. The Labute approximate surface area is 147 Å². The number of aromatic nitrogens is 4. The molecule has 0 N–H and O–H groups in total. The van der Waals surface area contributed by atoms with Gasteiger partial charge in [0.15, 0.2) is 5.82 Å². The normalized spacial score (nSPS) is 15.0. The van der Waals surface area contributed by atoms with Crippen molar-refractivity contribution in [3.8, 4) is 16.8 Å². The first-order valence-electron chi connectivity index (χ1n) is 8.77. The number of nitrogens with zero attached hydrogens (tertiary/aromatic N) is 5. The van der Waals surface area contributed by atoms with Gasteiger partial charge in [-0.1, -0.05) is 42.5 Å². The van der Waals surface area contributed by atoms with Crippen LogP contribution in [-0.2, 0) is 0 Å². The van der Waals surface area contributed by atoms with Crippen LogP contribution in [0.5, 0.6) is 0 Å². The van der Waals surface area contributed by atoms with E-state index in [9.17, 15) is 0 Å². The topological polar surface area (TPSA) is 46.8 Å². The van der Waals surface area contributed by atoms with Crippen molar-refractivity contribution in [2.24, 2.45) is 0 Å². The molecule has 1 aromatic heterocycles. The molecule has 0 saturated carbocycles. The quantitative estimate of drug-likeness (QED) is 0.730. The average Bonchev–Trinajstić information content (AvgIpc) is 3.17. The Hall–Kier alpha value is -2.95. The van der Waals surface area contributed by atoms with Crippen LogP contribution in [-0.4, -0.2) is 38.2 Å². The van der Waals surface area contributed by atoms with Crippen molar-refractivity contribution in [3.63, 3.8) is 0 Å². The van der Waals surface area contributed by atoms with Gasteiger partial charge in [-0.25, -0.2) is 0 Å². The van der Waals surface area contributed by atoms with Gasteiger partial charge in [0.05, 0.1) is 5.69 Å². The molecule has 0 bridgehead atoms. The molecule has 1 aliphatic heterocycles. The van der Waals surface area contributed by atoms with Crippen molar-refractivity contribution in [3.05, 3.63) is 66.6 Å². The highest BCUT2D eigenvalue weighted by Gasteiger charge is 2.08. The Bertz CT molecular complexity index is 830. The van der Waals surface area contributed by atoms with E-state index in [1.165, 1.54) is 30.4 Å². The third kappa shape index (κ3) is 3.60. The zero-order valence-corrected chi connectivity index (χ0v) is 14.1. The molecule has 126 valence electrons. The molecule has 0 unspecified atom stereocenters. The molecule has 4 rings (SSSR count). The average molecular weight is 331 g/mol. The maximum absolute atomic E-state index is 4.15. The second-order valence-electron chi connectivity index (χ2n) is 6.27.